The van der Waals surface area contributed by atoms with Crippen molar-refractivity contribution in [1.82, 2.24) is 0 Å². The smallest absolute Gasteiger partial charge is 0.330 e. The molecular weight excluding hydrogens is 312 g/mol. The van der Waals surface area contributed by atoms with Crippen LogP contribution in [-0.2, 0) is 9.59 Å². The highest BCUT2D eigenvalue weighted by molar-refractivity contribution is 5.85. The Morgan fingerprint density at radius 3 is 1.50 bits per heavy atom. The van der Waals surface area contributed by atoms with E-state index < -0.39 is 11.9 Å². The van der Waals surface area contributed by atoms with Gasteiger partial charge in [0.25, 0.3) is 0 Å². The number of aliphatic hydroxyl groups excluding tert-OH is 2. The SMILES string of the molecule is C=C(C)C(=O)O.C=C(C)C(=O)O.CCCCC(O)C(CO)CCC. The molecule has 0 spiro atoms. The first kappa shape index (κ1) is 27.2. The number of aliphatic carboxylic acids is 2. The lowest BCUT2D eigenvalue weighted by atomic mass is 9.94. The van der Waals surface area contributed by atoms with E-state index in [1.54, 1.807) is 0 Å². The van der Waals surface area contributed by atoms with Crippen molar-refractivity contribution in [2.45, 2.75) is 65.9 Å². The van der Waals surface area contributed by atoms with Crippen LogP contribution in [0.4, 0.5) is 0 Å². The van der Waals surface area contributed by atoms with E-state index in [0.29, 0.717) is 0 Å². The Morgan fingerprint density at radius 1 is 0.917 bits per heavy atom. The molecule has 0 aliphatic heterocycles. The maximum atomic E-state index is 9.61. The van der Waals surface area contributed by atoms with Gasteiger partial charge in [-0.25, -0.2) is 9.59 Å². The first-order valence-corrected chi connectivity index (χ1v) is 8.11. The minimum atomic E-state index is -0.935. The third kappa shape index (κ3) is 20.3. The van der Waals surface area contributed by atoms with E-state index >= 15 is 0 Å². The lowest BCUT2D eigenvalue weighted by molar-refractivity contribution is -0.133. The Balaban J connectivity index is -0.000000309. The molecule has 6 nitrogen and oxygen atoms in total. The van der Waals surface area contributed by atoms with E-state index in [0.717, 1.165) is 32.1 Å². The van der Waals surface area contributed by atoms with Crippen molar-refractivity contribution in [3.05, 3.63) is 24.3 Å². The summed E-state index contributed by atoms with van der Waals surface area (Å²) in [6.45, 7) is 13.5. The zero-order chi connectivity index (χ0) is 19.7. The molecule has 0 fully saturated rings. The van der Waals surface area contributed by atoms with E-state index in [2.05, 4.69) is 27.0 Å². The van der Waals surface area contributed by atoms with Gasteiger partial charge in [-0.15, -0.1) is 0 Å². The summed E-state index contributed by atoms with van der Waals surface area (Å²) in [5, 5.41) is 34.4. The maximum Gasteiger partial charge on any atom is 0.330 e. The third-order valence-corrected chi connectivity index (χ3v) is 3.02. The van der Waals surface area contributed by atoms with Crippen molar-refractivity contribution in [2.75, 3.05) is 6.61 Å². The minimum Gasteiger partial charge on any atom is -0.478 e. The van der Waals surface area contributed by atoms with Crippen LogP contribution < -0.4 is 0 Å². The molecule has 24 heavy (non-hydrogen) atoms. The van der Waals surface area contributed by atoms with E-state index in [-0.39, 0.29) is 29.8 Å². The fourth-order valence-electron chi connectivity index (χ4n) is 1.43. The van der Waals surface area contributed by atoms with Gasteiger partial charge in [0.2, 0.25) is 0 Å². The van der Waals surface area contributed by atoms with Gasteiger partial charge in [-0.2, -0.15) is 0 Å². The van der Waals surface area contributed by atoms with Crippen molar-refractivity contribution >= 4 is 11.9 Å². The van der Waals surface area contributed by atoms with Crippen LogP contribution in [0.2, 0.25) is 0 Å². The Hall–Kier alpha value is -1.66. The molecule has 0 aromatic heterocycles. The second-order valence-electron chi connectivity index (χ2n) is 5.61. The van der Waals surface area contributed by atoms with E-state index in [1.807, 2.05) is 0 Å². The zero-order valence-corrected chi connectivity index (χ0v) is 15.4. The lowest BCUT2D eigenvalue weighted by Crippen LogP contribution is -2.23. The monoisotopic (exact) mass is 346 g/mol. The topological polar surface area (TPSA) is 115 Å². The van der Waals surface area contributed by atoms with E-state index in [1.165, 1.54) is 13.8 Å². The highest BCUT2D eigenvalue weighted by Crippen LogP contribution is 2.15. The Kier molecular flexibility index (Phi) is 20.0. The van der Waals surface area contributed by atoms with Crippen molar-refractivity contribution in [3.63, 3.8) is 0 Å². The fourth-order valence-corrected chi connectivity index (χ4v) is 1.43. The standard InChI is InChI=1S/C10H22O2.2C4H6O2/c1-3-5-7-10(12)9(8-11)6-4-2;2*1-3(2)4(5)6/h9-12H,3-8H2,1-2H3;2*1H2,2H3,(H,5,6). The van der Waals surface area contributed by atoms with Crippen molar-refractivity contribution in [1.29, 1.82) is 0 Å². The molecule has 0 saturated heterocycles. The number of carbonyl (C=O) groups is 2. The summed E-state index contributed by atoms with van der Waals surface area (Å²) < 4.78 is 0. The Bertz CT molecular complexity index is 328. The average Bonchev–Trinajstić information content (AvgIpc) is 2.51. The summed E-state index contributed by atoms with van der Waals surface area (Å²) >= 11 is 0. The van der Waals surface area contributed by atoms with Gasteiger partial charge in [0.1, 0.15) is 0 Å². The molecule has 0 amide bonds. The van der Waals surface area contributed by atoms with Crippen LogP contribution in [0, 0.1) is 5.92 Å². The normalized spacial score (nSPS) is 11.8. The average molecular weight is 346 g/mol. The molecule has 4 N–H and O–H groups in total. The highest BCUT2D eigenvalue weighted by atomic mass is 16.4. The summed E-state index contributed by atoms with van der Waals surface area (Å²) in [6.07, 6.45) is 4.68. The second-order valence-corrected chi connectivity index (χ2v) is 5.61. The van der Waals surface area contributed by atoms with Crippen LogP contribution in [-0.4, -0.2) is 45.1 Å². The van der Waals surface area contributed by atoms with E-state index in [9.17, 15) is 14.7 Å². The van der Waals surface area contributed by atoms with Crippen LogP contribution in [0.3, 0.4) is 0 Å². The molecule has 0 heterocycles. The van der Waals surface area contributed by atoms with Crippen LogP contribution in [0.1, 0.15) is 59.8 Å². The van der Waals surface area contributed by atoms with Crippen molar-refractivity contribution in [3.8, 4) is 0 Å². The van der Waals surface area contributed by atoms with Gasteiger partial charge in [0.15, 0.2) is 0 Å². The van der Waals surface area contributed by atoms with Gasteiger partial charge in [0, 0.05) is 23.7 Å². The summed E-state index contributed by atoms with van der Waals surface area (Å²) in [5.74, 6) is -1.77. The summed E-state index contributed by atoms with van der Waals surface area (Å²) in [6, 6.07) is 0. The molecule has 0 saturated carbocycles. The number of carboxylic acid groups (broad SMARTS) is 2. The predicted octanol–water partition coefficient (Wildman–Crippen LogP) is 3.24. The predicted molar refractivity (Wildman–Crippen MR) is 95.9 cm³/mol. The molecule has 0 aromatic rings. The lowest BCUT2D eigenvalue weighted by Gasteiger charge is -2.19. The highest BCUT2D eigenvalue weighted by Gasteiger charge is 2.16. The van der Waals surface area contributed by atoms with E-state index in [4.69, 9.17) is 15.3 Å². The van der Waals surface area contributed by atoms with Crippen molar-refractivity contribution in [2.24, 2.45) is 5.92 Å². The Labute approximate surface area is 145 Å². The molecule has 0 aliphatic rings. The second kappa shape index (κ2) is 17.7. The number of carboxylic acids is 2. The maximum absolute atomic E-state index is 9.61. The fraction of sp³-hybridized carbons (Fsp3) is 0.667. The number of hydrogen-bond donors (Lipinski definition) is 4. The molecule has 0 aromatic carbocycles. The number of rotatable bonds is 9. The Morgan fingerprint density at radius 2 is 1.29 bits per heavy atom. The van der Waals surface area contributed by atoms with Crippen LogP contribution >= 0.6 is 0 Å². The number of hydrogen-bond acceptors (Lipinski definition) is 4. The molecule has 0 bridgehead atoms. The van der Waals surface area contributed by atoms with Gasteiger partial charge in [-0.3, -0.25) is 0 Å². The van der Waals surface area contributed by atoms with Crippen LogP contribution in [0.25, 0.3) is 0 Å². The van der Waals surface area contributed by atoms with Crippen LogP contribution in [0.5, 0.6) is 0 Å². The summed E-state index contributed by atoms with van der Waals surface area (Å²) in [4.78, 5) is 19.2. The minimum absolute atomic E-state index is 0.0987. The first-order chi connectivity index (χ1) is 11.0. The van der Waals surface area contributed by atoms with Gasteiger partial charge >= 0.3 is 11.9 Å². The third-order valence-electron chi connectivity index (χ3n) is 3.02. The first-order valence-electron chi connectivity index (χ1n) is 8.11. The van der Waals surface area contributed by atoms with Gasteiger partial charge in [-0.05, 0) is 26.7 Å². The van der Waals surface area contributed by atoms with Gasteiger partial charge in [-0.1, -0.05) is 46.3 Å². The van der Waals surface area contributed by atoms with Crippen LogP contribution in [0.15, 0.2) is 24.3 Å². The van der Waals surface area contributed by atoms with Crippen molar-refractivity contribution < 1.29 is 30.0 Å². The molecule has 2 atom stereocenters. The number of unbranched alkanes of at least 4 members (excludes halogenated alkanes) is 1. The largest absolute Gasteiger partial charge is 0.478 e. The number of aliphatic hydroxyl groups is 2. The van der Waals surface area contributed by atoms with Gasteiger partial charge in [0.05, 0.1) is 6.10 Å². The molecule has 0 aliphatic carbocycles. The molecule has 2 unspecified atom stereocenters. The molecule has 6 heteroatoms. The molecule has 0 rings (SSSR count). The molecular formula is C18H34O6. The molecule has 0 radical (unpaired) electrons. The zero-order valence-electron chi connectivity index (χ0n) is 15.4. The quantitative estimate of drug-likeness (QED) is 0.476. The summed E-state index contributed by atoms with van der Waals surface area (Å²) in [5.41, 5.74) is 0.352. The summed E-state index contributed by atoms with van der Waals surface area (Å²) in [7, 11) is 0. The molecule has 142 valence electrons. The van der Waals surface area contributed by atoms with Gasteiger partial charge < -0.3 is 20.4 Å².